The lowest BCUT2D eigenvalue weighted by molar-refractivity contribution is 0.124. The van der Waals surface area contributed by atoms with E-state index in [0.29, 0.717) is 0 Å². The van der Waals surface area contributed by atoms with E-state index in [1.807, 2.05) is 0 Å². The van der Waals surface area contributed by atoms with Gasteiger partial charge in [-0.15, -0.1) is 11.6 Å². The number of nitrogens with zero attached hydrogens (tertiary/aromatic N) is 1. The first-order valence-corrected chi connectivity index (χ1v) is 5.12. The molecule has 1 nitrogen and oxygen atoms in total. The van der Waals surface area contributed by atoms with Crippen LogP contribution in [0.2, 0.25) is 0 Å². The lowest BCUT2D eigenvalue weighted by Gasteiger charge is -2.52. The van der Waals surface area contributed by atoms with E-state index in [2.05, 4.69) is 32.1 Å². The smallest absolute Gasteiger partial charge is 0.140 e. The first kappa shape index (κ1) is 9.09. The van der Waals surface area contributed by atoms with Crippen molar-refractivity contribution >= 4 is 11.6 Å². The minimum absolute atomic E-state index is 0.110. The molecule has 0 aromatic carbocycles. The zero-order valence-corrected chi connectivity index (χ0v) is 8.86. The van der Waals surface area contributed by atoms with Crippen molar-refractivity contribution in [1.29, 1.82) is 5.26 Å². The number of nitriles is 1. The molecule has 0 heterocycles. The van der Waals surface area contributed by atoms with Crippen LogP contribution in [-0.2, 0) is 0 Å². The van der Waals surface area contributed by atoms with Gasteiger partial charge in [-0.2, -0.15) is 5.26 Å². The summed E-state index contributed by atoms with van der Waals surface area (Å²) in [5, 5.41) is 9.14. The average molecular weight is 196 g/mol. The molecule has 1 unspecified atom stereocenters. The highest BCUT2D eigenvalue weighted by molar-refractivity contribution is 6.26. The maximum absolute atomic E-state index is 9.14. The lowest BCUT2D eigenvalue weighted by atomic mass is 9.54. The van der Waals surface area contributed by atoms with Crippen molar-refractivity contribution in [2.75, 3.05) is 0 Å². The van der Waals surface area contributed by atoms with Gasteiger partial charge in [0.25, 0.3) is 0 Å². The predicted molar refractivity (Wildman–Crippen MR) is 53.4 cm³/mol. The first-order chi connectivity index (χ1) is 5.93. The largest absolute Gasteiger partial charge is 0.196 e. The second kappa shape index (κ2) is 2.30. The van der Waals surface area contributed by atoms with E-state index in [4.69, 9.17) is 16.9 Å². The molecule has 0 radical (unpaired) electrons. The Balaban J connectivity index is 2.50. The van der Waals surface area contributed by atoms with Crippen molar-refractivity contribution in [3.05, 3.63) is 12.2 Å². The van der Waals surface area contributed by atoms with Crippen LogP contribution in [0.3, 0.4) is 0 Å². The fraction of sp³-hybridized carbons (Fsp3) is 0.727. The van der Waals surface area contributed by atoms with Crippen molar-refractivity contribution in [2.24, 2.45) is 10.8 Å². The predicted octanol–water partition coefficient (Wildman–Crippen LogP) is 3.25. The molecular weight excluding hydrogens is 182 g/mol. The van der Waals surface area contributed by atoms with Gasteiger partial charge in [-0.1, -0.05) is 26.0 Å². The highest BCUT2D eigenvalue weighted by Gasteiger charge is 2.56. The standard InChI is InChI=1S/C11H14ClN/c1-9-3-5-10(2,6-4-9)11(12,7-9)8-13/h3,5H,4,6-7H2,1-2H3/t9-,10+,11?/m0/s1. The lowest BCUT2D eigenvalue weighted by Crippen LogP contribution is -2.50. The van der Waals surface area contributed by atoms with Crippen LogP contribution >= 0.6 is 11.6 Å². The molecular formula is C11H14ClN. The Labute approximate surface area is 84.4 Å². The highest BCUT2D eigenvalue weighted by atomic mass is 35.5. The fourth-order valence-corrected chi connectivity index (χ4v) is 2.96. The van der Waals surface area contributed by atoms with E-state index >= 15 is 0 Å². The molecule has 1 saturated carbocycles. The Kier molecular flexibility index (Phi) is 1.61. The SMILES string of the molecule is C[C@]12C=C[C@](C)(CC1)C(Cl)(C#N)C2. The van der Waals surface area contributed by atoms with Gasteiger partial charge in [0.15, 0.2) is 0 Å². The number of hydrogen-bond acceptors (Lipinski definition) is 1. The summed E-state index contributed by atoms with van der Waals surface area (Å²) in [5.74, 6) is 0. The summed E-state index contributed by atoms with van der Waals surface area (Å²) in [6.07, 6.45) is 7.39. The third-order valence-corrected chi connectivity index (χ3v) is 4.45. The Hall–Kier alpha value is -0.480. The third-order valence-electron chi connectivity index (χ3n) is 3.80. The molecule has 0 aromatic heterocycles. The monoisotopic (exact) mass is 195 g/mol. The molecule has 3 aliphatic rings. The molecule has 2 bridgehead atoms. The van der Waals surface area contributed by atoms with Gasteiger partial charge in [0.2, 0.25) is 0 Å². The van der Waals surface area contributed by atoms with Crippen molar-refractivity contribution in [3.8, 4) is 6.07 Å². The van der Waals surface area contributed by atoms with Crippen LogP contribution in [0, 0.1) is 22.2 Å². The van der Waals surface area contributed by atoms with Crippen LogP contribution in [0.25, 0.3) is 0 Å². The van der Waals surface area contributed by atoms with Gasteiger partial charge in [-0.25, -0.2) is 0 Å². The van der Waals surface area contributed by atoms with Crippen molar-refractivity contribution in [1.82, 2.24) is 0 Å². The molecule has 3 aliphatic carbocycles. The summed E-state index contributed by atoms with van der Waals surface area (Å²) in [7, 11) is 0. The van der Waals surface area contributed by atoms with E-state index in [-0.39, 0.29) is 10.8 Å². The van der Waals surface area contributed by atoms with Gasteiger partial charge < -0.3 is 0 Å². The minimum Gasteiger partial charge on any atom is -0.196 e. The summed E-state index contributed by atoms with van der Waals surface area (Å²) in [6, 6.07) is 2.29. The molecule has 3 rings (SSSR count). The van der Waals surface area contributed by atoms with E-state index in [9.17, 15) is 0 Å². The summed E-state index contributed by atoms with van der Waals surface area (Å²) in [5.41, 5.74) is 0.0519. The average Bonchev–Trinajstić information content (AvgIpc) is 2.09. The molecule has 13 heavy (non-hydrogen) atoms. The van der Waals surface area contributed by atoms with Crippen LogP contribution in [0.5, 0.6) is 0 Å². The number of hydrogen-bond donors (Lipinski definition) is 0. The summed E-state index contributed by atoms with van der Waals surface area (Å²) in [6.45, 7) is 4.29. The maximum Gasteiger partial charge on any atom is 0.140 e. The van der Waals surface area contributed by atoms with Gasteiger partial charge in [0.05, 0.1) is 6.07 Å². The van der Waals surface area contributed by atoms with Crippen molar-refractivity contribution < 1.29 is 0 Å². The topological polar surface area (TPSA) is 23.8 Å². The Morgan fingerprint density at radius 1 is 1.31 bits per heavy atom. The van der Waals surface area contributed by atoms with Crippen LogP contribution < -0.4 is 0 Å². The van der Waals surface area contributed by atoms with E-state index in [0.717, 1.165) is 19.3 Å². The molecule has 0 N–H and O–H groups in total. The van der Waals surface area contributed by atoms with E-state index < -0.39 is 4.87 Å². The number of rotatable bonds is 0. The molecule has 70 valence electrons. The van der Waals surface area contributed by atoms with E-state index in [1.165, 1.54) is 0 Å². The molecule has 3 atom stereocenters. The number of halogens is 1. The molecule has 0 spiro atoms. The zero-order chi connectivity index (χ0) is 9.74. The van der Waals surface area contributed by atoms with Crippen LogP contribution in [0.1, 0.15) is 33.1 Å². The molecule has 1 fully saturated rings. The maximum atomic E-state index is 9.14. The quantitative estimate of drug-likeness (QED) is 0.430. The zero-order valence-electron chi connectivity index (χ0n) is 8.10. The van der Waals surface area contributed by atoms with Gasteiger partial charge in [-0.3, -0.25) is 0 Å². The van der Waals surface area contributed by atoms with Crippen LogP contribution in [-0.4, -0.2) is 4.87 Å². The highest BCUT2D eigenvalue weighted by Crippen LogP contribution is 2.59. The van der Waals surface area contributed by atoms with Gasteiger partial charge >= 0.3 is 0 Å². The first-order valence-electron chi connectivity index (χ1n) is 4.74. The van der Waals surface area contributed by atoms with Gasteiger partial charge in [-0.05, 0) is 24.7 Å². The number of alkyl halides is 1. The van der Waals surface area contributed by atoms with E-state index in [1.54, 1.807) is 0 Å². The Morgan fingerprint density at radius 2 is 2.00 bits per heavy atom. The Bertz CT molecular complexity index is 317. The second-order valence-corrected chi connectivity index (χ2v) is 5.64. The molecule has 2 heteroatoms. The van der Waals surface area contributed by atoms with Gasteiger partial charge in [0.1, 0.15) is 4.87 Å². The van der Waals surface area contributed by atoms with Crippen molar-refractivity contribution in [2.45, 2.75) is 38.0 Å². The number of fused-ring (bicyclic) bond motifs is 2. The van der Waals surface area contributed by atoms with Crippen molar-refractivity contribution in [3.63, 3.8) is 0 Å². The molecule has 0 saturated heterocycles. The number of allylic oxidation sites excluding steroid dienone is 2. The second-order valence-electron chi connectivity index (χ2n) is 4.99. The molecule has 0 aliphatic heterocycles. The minimum atomic E-state index is -0.672. The summed E-state index contributed by atoms with van der Waals surface area (Å²) in [4.78, 5) is -0.672. The van der Waals surface area contributed by atoms with Gasteiger partial charge in [0, 0.05) is 5.41 Å². The summed E-state index contributed by atoms with van der Waals surface area (Å²) >= 11 is 6.37. The molecule has 0 amide bonds. The molecule has 0 aromatic rings. The third kappa shape index (κ3) is 1.05. The fourth-order valence-electron chi connectivity index (χ4n) is 2.50. The van der Waals surface area contributed by atoms with Crippen LogP contribution in [0.4, 0.5) is 0 Å². The Morgan fingerprint density at radius 3 is 2.38 bits per heavy atom. The summed E-state index contributed by atoms with van der Waals surface area (Å²) < 4.78 is 0. The normalized spacial score (nSPS) is 53.4. The van der Waals surface area contributed by atoms with Crippen LogP contribution in [0.15, 0.2) is 12.2 Å².